The second-order valence-corrected chi connectivity index (χ2v) is 17.1. The van der Waals surface area contributed by atoms with Crippen LogP contribution >= 0.6 is 0 Å². The first-order valence-electron chi connectivity index (χ1n) is 22.5. The zero-order valence-electron chi connectivity index (χ0n) is 39.1. The minimum Gasteiger partial charge on any atom is -0.493 e. The molecule has 0 saturated heterocycles. The molecule has 0 aliphatic carbocycles. The molecule has 69 heavy (non-hydrogen) atoms. The van der Waals surface area contributed by atoms with E-state index >= 15 is 0 Å². The van der Waals surface area contributed by atoms with Crippen LogP contribution in [-0.4, -0.2) is 51.5 Å². The first-order chi connectivity index (χ1) is 33.4. The molecule has 2 heterocycles. The number of hydrogen-bond donors (Lipinski definition) is 0. The molecular formula is C57H52N4O8. The van der Waals surface area contributed by atoms with Crippen LogP contribution in [0.25, 0.3) is 33.5 Å². The monoisotopic (exact) mass is 920 g/mol. The molecule has 0 spiro atoms. The number of rotatable bonds is 17. The summed E-state index contributed by atoms with van der Waals surface area (Å²) in [5.74, 6) is -0.951. The summed E-state index contributed by atoms with van der Waals surface area (Å²) in [4.78, 5) is 45.3. The lowest BCUT2D eigenvalue weighted by Gasteiger charge is -2.37. The third-order valence-electron chi connectivity index (χ3n) is 11.5. The van der Waals surface area contributed by atoms with Crippen molar-refractivity contribution >= 4 is 23.0 Å². The zero-order chi connectivity index (χ0) is 48.5. The number of ether oxygens (including phenoxy) is 4. The van der Waals surface area contributed by atoms with Crippen LogP contribution in [0.2, 0.25) is 0 Å². The molecule has 0 N–H and O–H groups in total. The summed E-state index contributed by atoms with van der Waals surface area (Å²) in [7, 11) is 1.43. The van der Waals surface area contributed by atoms with Crippen molar-refractivity contribution in [3.63, 3.8) is 0 Å². The average Bonchev–Trinajstić information content (AvgIpc) is 3.93. The highest BCUT2D eigenvalue weighted by molar-refractivity contribution is 6.02. The number of nitrogens with zero attached hydrogens (tertiary/aromatic N) is 4. The van der Waals surface area contributed by atoms with Crippen LogP contribution in [-0.2, 0) is 31.1 Å². The Kier molecular flexibility index (Phi) is 14.0. The number of allylic oxidation sites excluding steroid dienone is 2. The highest BCUT2D eigenvalue weighted by atomic mass is 16.6. The minimum atomic E-state index is -1.16. The Morgan fingerprint density at radius 1 is 0.754 bits per heavy atom. The number of aromatic nitrogens is 4. The van der Waals surface area contributed by atoms with E-state index in [0.717, 1.165) is 33.4 Å². The Bertz CT molecular complexity index is 3120. The van der Waals surface area contributed by atoms with Crippen LogP contribution < -0.4 is 10.5 Å². The van der Waals surface area contributed by atoms with Gasteiger partial charge in [-0.15, -0.1) is 0 Å². The summed E-state index contributed by atoms with van der Waals surface area (Å²) in [5, 5.41) is 4.50. The van der Waals surface area contributed by atoms with Crippen LogP contribution in [0.4, 0.5) is 0 Å². The van der Waals surface area contributed by atoms with E-state index in [9.17, 15) is 14.4 Å². The molecule has 8 aromatic rings. The molecular weight excluding hydrogens is 869 g/mol. The maximum atomic E-state index is 14.3. The second kappa shape index (κ2) is 20.6. The van der Waals surface area contributed by atoms with Crippen molar-refractivity contribution in [3.8, 4) is 28.5 Å². The van der Waals surface area contributed by atoms with Crippen molar-refractivity contribution in [2.75, 3.05) is 20.3 Å². The number of para-hydroxylation sites is 1. The van der Waals surface area contributed by atoms with E-state index in [1.807, 2.05) is 157 Å². The third kappa shape index (κ3) is 9.68. The standard InChI is InChI=1S/C57H52N4O8/c1-7-66-54-58-48-31-21-30-47(52(62)67-37-20-19-32-49(39(2)65-6)68-53(63)56(3,4)5)50(48)60(54)38-40-33-35-41(36-34-40)45-28-17-18-29-46(45)51-59-69-55(64)61(51)57(42-22-11-8-12-23-42,43-24-13-9-14-25-43)44-26-15-10-16-27-44/h8-36H,2,7,37-38H2,1,3-6H3/b20-19+,49-32+. The Morgan fingerprint density at radius 3 is 1.93 bits per heavy atom. The molecule has 0 amide bonds. The highest BCUT2D eigenvalue weighted by Crippen LogP contribution is 2.43. The van der Waals surface area contributed by atoms with Gasteiger partial charge in [-0.05, 0) is 85.4 Å². The normalized spacial score (nSPS) is 12.0. The van der Waals surface area contributed by atoms with Crippen LogP contribution in [0, 0.1) is 5.41 Å². The van der Waals surface area contributed by atoms with E-state index in [1.54, 1.807) is 49.6 Å². The van der Waals surface area contributed by atoms with E-state index in [0.29, 0.717) is 47.1 Å². The number of benzene rings is 6. The molecule has 0 aliphatic heterocycles. The Morgan fingerprint density at radius 2 is 1.35 bits per heavy atom. The first kappa shape index (κ1) is 47.0. The Balaban J connectivity index is 1.11. The summed E-state index contributed by atoms with van der Waals surface area (Å²) in [6, 6.07) is 51.3. The predicted molar refractivity (Wildman–Crippen MR) is 265 cm³/mol. The number of esters is 2. The van der Waals surface area contributed by atoms with Gasteiger partial charge >= 0.3 is 17.7 Å². The average molecular weight is 921 g/mol. The predicted octanol–water partition coefficient (Wildman–Crippen LogP) is 11.2. The first-order valence-corrected chi connectivity index (χ1v) is 22.5. The van der Waals surface area contributed by atoms with E-state index in [4.69, 9.17) is 28.5 Å². The lowest BCUT2D eigenvalue weighted by molar-refractivity contribution is -0.148. The van der Waals surface area contributed by atoms with Gasteiger partial charge in [-0.1, -0.05) is 163 Å². The Hall–Kier alpha value is -8.51. The lowest BCUT2D eigenvalue weighted by atomic mass is 9.76. The number of fused-ring (bicyclic) bond motifs is 1. The third-order valence-corrected chi connectivity index (χ3v) is 11.5. The molecule has 348 valence electrons. The van der Waals surface area contributed by atoms with Gasteiger partial charge in [-0.2, -0.15) is 4.98 Å². The molecule has 0 radical (unpaired) electrons. The summed E-state index contributed by atoms with van der Waals surface area (Å²) in [6.07, 6.45) is 4.74. The topological polar surface area (TPSA) is 137 Å². The molecule has 2 aromatic heterocycles. The number of hydrogen-bond acceptors (Lipinski definition) is 10. The van der Waals surface area contributed by atoms with Crippen molar-refractivity contribution in [3.05, 3.63) is 232 Å². The fourth-order valence-electron chi connectivity index (χ4n) is 8.21. The molecule has 0 atom stereocenters. The molecule has 0 saturated carbocycles. The fraction of sp³-hybridized carbons (Fsp3) is 0.175. The molecule has 6 aromatic carbocycles. The van der Waals surface area contributed by atoms with Crippen molar-refractivity contribution in [1.29, 1.82) is 0 Å². The summed E-state index contributed by atoms with van der Waals surface area (Å²) in [5.41, 5.74) is 5.41. The molecule has 0 unspecified atom stereocenters. The van der Waals surface area contributed by atoms with Gasteiger partial charge in [-0.25, -0.2) is 14.2 Å². The number of carbonyl (C=O) groups is 2. The van der Waals surface area contributed by atoms with Gasteiger partial charge in [0, 0.05) is 5.56 Å². The Labute approximate surface area is 400 Å². The molecule has 0 fully saturated rings. The van der Waals surface area contributed by atoms with Gasteiger partial charge in [-0.3, -0.25) is 13.9 Å². The van der Waals surface area contributed by atoms with Gasteiger partial charge in [0.15, 0.2) is 17.3 Å². The van der Waals surface area contributed by atoms with Gasteiger partial charge in [0.25, 0.3) is 6.01 Å². The minimum absolute atomic E-state index is 0.0721. The van der Waals surface area contributed by atoms with Crippen molar-refractivity contribution in [2.24, 2.45) is 5.41 Å². The summed E-state index contributed by atoms with van der Waals surface area (Å²) >= 11 is 0. The van der Waals surface area contributed by atoms with Gasteiger partial charge < -0.3 is 18.9 Å². The number of imidazole rings is 1. The van der Waals surface area contributed by atoms with Crippen molar-refractivity contribution in [1.82, 2.24) is 19.3 Å². The maximum Gasteiger partial charge on any atom is 0.443 e. The fourth-order valence-corrected chi connectivity index (χ4v) is 8.21. The van der Waals surface area contributed by atoms with Gasteiger partial charge in [0.05, 0.1) is 42.3 Å². The second-order valence-electron chi connectivity index (χ2n) is 17.1. The zero-order valence-corrected chi connectivity index (χ0v) is 39.1. The number of carbonyl (C=O) groups excluding carboxylic acids is 2. The molecule has 12 heteroatoms. The smallest absolute Gasteiger partial charge is 0.443 e. The van der Waals surface area contributed by atoms with Gasteiger partial charge in [0.2, 0.25) is 0 Å². The van der Waals surface area contributed by atoms with Crippen LogP contribution in [0.5, 0.6) is 6.01 Å². The van der Waals surface area contributed by atoms with Crippen molar-refractivity contribution < 1.29 is 33.1 Å². The molecule has 12 nitrogen and oxygen atoms in total. The highest BCUT2D eigenvalue weighted by Gasteiger charge is 2.43. The quantitative estimate of drug-likeness (QED) is 0.0376. The number of methoxy groups -OCH3 is 1. The van der Waals surface area contributed by atoms with Crippen LogP contribution in [0.15, 0.2) is 203 Å². The lowest BCUT2D eigenvalue weighted by Crippen LogP contribution is -2.43. The van der Waals surface area contributed by atoms with Crippen molar-refractivity contribution in [2.45, 2.75) is 39.8 Å². The van der Waals surface area contributed by atoms with E-state index < -0.39 is 28.6 Å². The summed E-state index contributed by atoms with van der Waals surface area (Å²) in [6.45, 7) is 11.5. The molecule has 8 rings (SSSR count). The van der Waals surface area contributed by atoms with Crippen LogP contribution in [0.3, 0.4) is 0 Å². The summed E-state index contributed by atoms with van der Waals surface area (Å²) < 4.78 is 31.6. The van der Waals surface area contributed by atoms with E-state index in [2.05, 4.69) is 11.7 Å². The van der Waals surface area contributed by atoms with E-state index in [1.165, 1.54) is 13.2 Å². The molecule has 0 aliphatic rings. The maximum absolute atomic E-state index is 14.3. The van der Waals surface area contributed by atoms with Gasteiger partial charge in [0.1, 0.15) is 12.1 Å². The SMILES string of the molecule is C=C(OC)/C(=C\C=C\COC(=O)c1cccc2nc(OCC)n(Cc3ccc(-c4ccccc4-c4noc(=O)n4C(c4ccccc4)(c4ccccc4)c4ccccc4)cc3)c12)OC(=O)C(C)(C)C. The van der Waals surface area contributed by atoms with E-state index in [-0.39, 0.29) is 18.1 Å². The molecule has 0 bridgehead atoms. The largest absolute Gasteiger partial charge is 0.493 e. The van der Waals surface area contributed by atoms with Crippen LogP contribution in [0.1, 0.15) is 60.3 Å².